The van der Waals surface area contributed by atoms with Crippen molar-refractivity contribution in [3.05, 3.63) is 59.2 Å². The van der Waals surface area contributed by atoms with E-state index in [0.717, 1.165) is 24.2 Å². The molecule has 7 heteroatoms. The number of carbonyl (C=O) groups excluding carboxylic acids is 1. The van der Waals surface area contributed by atoms with E-state index in [2.05, 4.69) is 9.62 Å². The number of amides is 1. The largest absolute Gasteiger partial charge is 0.336 e. The molecule has 3 rings (SSSR count). The molecule has 0 spiro atoms. The summed E-state index contributed by atoms with van der Waals surface area (Å²) in [6, 6.07) is 11.7. The molecular formula is C20H25N3O3S. The summed E-state index contributed by atoms with van der Waals surface area (Å²) in [6.07, 6.45) is 0. The average molecular weight is 388 g/mol. The van der Waals surface area contributed by atoms with Gasteiger partial charge in [0.05, 0.1) is 4.90 Å². The van der Waals surface area contributed by atoms with Gasteiger partial charge in [-0.05, 0) is 68.4 Å². The standard InChI is InChI=1S/C20H25N3O3S/c1-15-12-16(2)14-18(13-15)21-27(25,26)19-6-4-17(5-7-19)20(24)23-10-8-22(3)9-11-23/h4-7,12-14,21H,8-11H2,1-3H3. The van der Waals surface area contributed by atoms with Gasteiger partial charge in [-0.25, -0.2) is 8.42 Å². The first kappa shape index (κ1) is 19.4. The van der Waals surface area contributed by atoms with E-state index < -0.39 is 10.0 Å². The predicted octanol–water partition coefficient (Wildman–Crippen LogP) is 2.49. The van der Waals surface area contributed by atoms with Gasteiger partial charge in [0.15, 0.2) is 0 Å². The van der Waals surface area contributed by atoms with Crippen molar-refractivity contribution in [2.75, 3.05) is 37.9 Å². The number of anilines is 1. The Hall–Kier alpha value is -2.38. The molecule has 1 heterocycles. The van der Waals surface area contributed by atoms with E-state index in [4.69, 9.17) is 0 Å². The highest BCUT2D eigenvalue weighted by atomic mass is 32.2. The van der Waals surface area contributed by atoms with Crippen LogP contribution < -0.4 is 4.72 Å². The van der Waals surface area contributed by atoms with Crippen LogP contribution in [-0.2, 0) is 10.0 Å². The van der Waals surface area contributed by atoms with Crippen LogP contribution in [0.15, 0.2) is 47.4 Å². The van der Waals surface area contributed by atoms with E-state index in [1.807, 2.05) is 27.0 Å². The van der Waals surface area contributed by atoms with Crippen molar-refractivity contribution in [3.8, 4) is 0 Å². The molecule has 6 nitrogen and oxygen atoms in total. The SMILES string of the molecule is Cc1cc(C)cc(NS(=O)(=O)c2ccc(C(=O)N3CCN(C)CC3)cc2)c1. The number of hydrogen-bond acceptors (Lipinski definition) is 4. The van der Waals surface area contributed by atoms with Gasteiger partial charge in [0, 0.05) is 37.4 Å². The zero-order valence-corrected chi connectivity index (χ0v) is 16.7. The lowest BCUT2D eigenvalue weighted by molar-refractivity contribution is 0.0664. The van der Waals surface area contributed by atoms with Crippen LogP contribution in [0.4, 0.5) is 5.69 Å². The molecule has 1 amide bonds. The zero-order chi connectivity index (χ0) is 19.6. The molecule has 27 heavy (non-hydrogen) atoms. The molecule has 1 aliphatic heterocycles. The Kier molecular flexibility index (Phi) is 5.53. The van der Waals surface area contributed by atoms with E-state index in [0.29, 0.717) is 24.3 Å². The van der Waals surface area contributed by atoms with Crippen LogP contribution in [0.2, 0.25) is 0 Å². The summed E-state index contributed by atoms with van der Waals surface area (Å²) in [4.78, 5) is 16.7. The van der Waals surface area contributed by atoms with Crippen LogP contribution in [0.3, 0.4) is 0 Å². The lowest BCUT2D eigenvalue weighted by atomic mass is 10.1. The van der Waals surface area contributed by atoms with Gasteiger partial charge in [-0.3, -0.25) is 9.52 Å². The first-order valence-electron chi connectivity index (χ1n) is 8.93. The minimum Gasteiger partial charge on any atom is -0.336 e. The third kappa shape index (κ3) is 4.67. The Morgan fingerprint density at radius 3 is 2.04 bits per heavy atom. The lowest BCUT2D eigenvalue weighted by Crippen LogP contribution is -2.47. The van der Waals surface area contributed by atoms with Gasteiger partial charge in [-0.1, -0.05) is 6.07 Å². The molecule has 0 unspecified atom stereocenters. The second kappa shape index (κ2) is 7.70. The van der Waals surface area contributed by atoms with Crippen LogP contribution >= 0.6 is 0 Å². The number of benzene rings is 2. The smallest absolute Gasteiger partial charge is 0.261 e. The van der Waals surface area contributed by atoms with Crippen molar-refractivity contribution in [2.24, 2.45) is 0 Å². The maximum absolute atomic E-state index is 12.6. The molecule has 2 aromatic rings. The Morgan fingerprint density at radius 1 is 0.926 bits per heavy atom. The number of likely N-dealkylation sites (N-methyl/N-ethyl adjacent to an activating group) is 1. The molecule has 0 atom stereocenters. The monoisotopic (exact) mass is 387 g/mol. The molecule has 1 fully saturated rings. The summed E-state index contributed by atoms with van der Waals surface area (Å²) in [5.41, 5.74) is 3.01. The topological polar surface area (TPSA) is 69.7 Å². The van der Waals surface area contributed by atoms with E-state index >= 15 is 0 Å². The van der Waals surface area contributed by atoms with Crippen LogP contribution in [-0.4, -0.2) is 57.4 Å². The van der Waals surface area contributed by atoms with Crippen molar-refractivity contribution in [3.63, 3.8) is 0 Å². The predicted molar refractivity (Wildman–Crippen MR) is 107 cm³/mol. The number of aryl methyl sites for hydroxylation is 2. The normalized spacial score (nSPS) is 15.6. The zero-order valence-electron chi connectivity index (χ0n) is 15.9. The third-order valence-electron chi connectivity index (χ3n) is 4.68. The second-order valence-corrected chi connectivity index (χ2v) is 8.78. The molecule has 2 aromatic carbocycles. The maximum Gasteiger partial charge on any atom is 0.261 e. The number of carbonyl (C=O) groups is 1. The maximum atomic E-state index is 12.6. The Balaban J connectivity index is 1.74. The fourth-order valence-corrected chi connectivity index (χ4v) is 4.26. The summed E-state index contributed by atoms with van der Waals surface area (Å²) in [6.45, 7) is 6.90. The van der Waals surface area contributed by atoms with Gasteiger partial charge < -0.3 is 9.80 Å². The van der Waals surface area contributed by atoms with Crippen molar-refractivity contribution >= 4 is 21.6 Å². The number of nitrogens with zero attached hydrogens (tertiary/aromatic N) is 2. The van der Waals surface area contributed by atoms with Gasteiger partial charge in [-0.15, -0.1) is 0 Å². The highest BCUT2D eigenvalue weighted by Gasteiger charge is 2.21. The number of hydrogen-bond donors (Lipinski definition) is 1. The highest BCUT2D eigenvalue weighted by Crippen LogP contribution is 2.20. The van der Waals surface area contributed by atoms with Crippen LogP contribution in [0.25, 0.3) is 0 Å². The Bertz CT molecular complexity index is 911. The van der Waals surface area contributed by atoms with Crippen LogP contribution in [0, 0.1) is 13.8 Å². The van der Waals surface area contributed by atoms with Gasteiger partial charge in [0.2, 0.25) is 0 Å². The van der Waals surface area contributed by atoms with Crippen molar-refractivity contribution in [1.82, 2.24) is 9.80 Å². The Labute approximate surface area is 160 Å². The van der Waals surface area contributed by atoms with Gasteiger partial charge in [0.25, 0.3) is 15.9 Å². The summed E-state index contributed by atoms with van der Waals surface area (Å²) >= 11 is 0. The molecule has 0 saturated carbocycles. The van der Waals surface area contributed by atoms with E-state index in [9.17, 15) is 13.2 Å². The summed E-state index contributed by atoms with van der Waals surface area (Å²) < 4.78 is 27.9. The molecule has 1 saturated heterocycles. The molecule has 0 radical (unpaired) electrons. The Morgan fingerprint density at radius 2 is 1.48 bits per heavy atom. The first-order chi connectivity index (χ1) is 12.7. The van der Waals surface area contributed by atoms with Gasteiger partial charge in [-0.2, -0.15) is 0 Å². The molecule has 1 aliphatic rings. The number of rotatable bonds is 4. The van der Waals surface area contributed by atoms with Gasteiger partial charge in [0.1, 0.15) is 0 Å². The van der Waals surface area contributed by atoms with Gasteiger partial charge >= 0.3 is 0 Å². The quantitative estimate of drug-likeness (QED) is 0.875. The molecule has 144 valence electrons. The molecule has 0 bridgehead atoms. The summed E-state index contributed by atoms with van der Waals surface area (Å²) in [7, 11) is -1.67. The fraction of sp³-hybridized carbons (Fsp3) is 0.350. The third-order valence-corrected chi connectivity index (χ3v) is 6.07. The van der Waals surface area contributed by atoms with E-state index in [1.165, 1.54) is 12.1 Å². The van der Waals surface area contributed by atoms with Crippen LogP contribution in [0.1, 0.15) is 21.5 Å². The van der Waals surface area contributed by atoms with E-state index in [-0.39, 0.29) is 10.8 Å². The molecule has 0 aromatic heterocycles. The lowest BCUT2D eigenvalue weighted by Gasteiger charge is -2.32. The molecule has 0 aliphatic carbocycles. The average Bonchev–Trinajstić information content (AvgIpc) is 2.60. The van der Waals surface area contributed by atoms with Crippen LogP contribution in [0.5, 0.6) is 0 Å². The fourth-order valence-electron chi connectivity index (χ4n) is 3.22. The second-order valence-electron chi connectivity index (χ2n) is 7.10. The number of sulfonamides is 1. The summed E-state index contributed by atoms with van der Waals surface area (Å²) in [5.74, 6) is -0.0608. The van der Waals surface area contributed by atoms with E-state index in [1.54, 1.807) is 29.2 Å². The highest BCUT2D eigenvalue weighted by molar-refractivity contribution is 7.92. The number of nitrogens with one attached hydrogen (secondary N) is 1. The minimum atomic E-state index is -3.70. The van der Waals surface area contributed by atoms with Crippen molar-refractivity contribution in [1.29, 1.82) is 0 Å². The first-order valence-corrected chi connectivity index (χ1v) is 10.4. The van der Waals surface area contributed by atoms with Crippen molar-refractivity contribution < 1.29 is 13.2 Å². The molecular weight excluding hydrogens is 362 g/mol. The van der Waals surface area contributed by atoms with Crippen molar-refractivity contribution in [2.45, 2.75) is 18.7 Å². The minimum absolute atomic E-state index is 0.0608. The summed E-state index contributed by atoms with van der Waals surface area (Å²) in [5, 5.41) is 0. The molecule has 1 N–H and O–H groups in total. The number of piperazine rings is 1.